The lowest BCUT2D eigenvalue weighted by atomic mass is 9.79. The van der Waals surface area contributed by atoms with Crippen LogP contribution in [0.1, 0.15) is 36.2 Å². The molecule has 86 valence electrons. The standard InChI is InChI=1S/C12H13FO3/c1-12(2,6-11(15)16)10-4-3-9(13)5-8(10)7-14/h3-5,7H,6H2,1-2H3,(H,15,16). The number of rotatable bonds is 4. The number of carboxylic acids is 1. The van der Waals surface area contributed by atoms with Crippen LogP contribution < -0.4 is 0 Å². The SMILES string of the molecule is CC(C)(CC(=O)O)c1ccc(F)cc1C=O. The number of carbonyl (C=O) groups excluding carboxylic acids is 1. The van der Waals surface area contributed by atoms with E-state index in [1.807, 2.05) is 0 Å². The van der Waals surface area contributed by atoms with Gasteiger partial charge in [0.25, 0.3) is 0 Å². The lowest BCUT2D eigenvalue weighted by molar-refractivity contribution is -0.138. The lowest BCUT2D eigenvalue weighted by Crippen LogP contribution is -2.23. The van der Waals surface area contributed by atoms with E-state index in [0.29, 0.717) is 11.8 Å². The highest BCUT2D eigenvalue weighted by molar-refractivity contribution is 5.79. The van der Waals surface area contributed by atoms with Gasteiger partial charge in [0.2, 0.25) is 0 Å². The van der Waals surface area contributed by atoms with Gasteiger partial charge in [-0.1, -0.05) is 19.9 Å². The van der Waals surface area contributed by atoms with Crippen molar-refractivity contribution in [1.29, 1.82) is 0 Å². The summed E-state index contributed by atoms with van der Waals surface area (Å²) in [7, 11) is 0. The van der Waals surface area contributed by atoms with Crippen molar-refractivity contribution in [2.45, 2.75) is 25.7 Å². The van der Waals surface area contributed by atoms with Gasteiger partial charge < -0.3 is 5.11 Å². The fraction of sp³-hybridized carbons (Fsp3) is 0.333. The van der Waals surface area contributed by atoms with Gasteiger partial charge in [-0.15, -0.1) is 0 Å². The maximum absolute atomic E-state index is 12.9. The molecule has 1 N–H and O–H groups in total. The maximum atomic E-state index is 12.9. The smallest absolute Gasteiger partial charge is 0.304 e. The van der Waals surface area contributed by atoms with Gasteiger partial charge in [0.15, 0.2) is 0 Å². The summed E-state index contributed by atoms with van der Waals surface area (Å²) in [6.07, 6.45) is 0.432. The molecule has 0 aliphatic heterocycles. The molecule has 0 aliphatic carbocycles. The lowest BCUT2D eigenvalue weighted by Gasteiger charge is -2.24. The molecule has 0 aliphatic rings. The first-order chi connectivity index (χ1) is 7.36. The molecule has 1 aromatic rings. The first-order valence-electron chi connectivity index (χ1n) is 4.84. The second kappa shape index (κ2) is 4.43. The van der Waals surface area contributed by atoms with Crippen LogP contribution in [0.3, 0.4) is 0 Å². The Morgan fingerprint density at radius 3 is 2.62 bits per heavy atom. The average Bonchev–Trinajstić information content (AvgIpc) is 2.15. The van der Waals surface area contributed by atoms with Gasteiger partial charge in [-0.25, -0.2) is 4.39 Å². The molecule has 0 atom stereocenters. The number of aliphatic carboxylic acids is 1. The molecule has 1 aromatic carbocycles. The second-order valence-corrected chi connectivity index (χ2v) is 4.30. The summed E-state index contributed by atoms with van der Waals surface area (Å²) < 4.78 is 12.9. The first kappa shape index (κ1) is 12.4. The van der Waals surface area contributed by atoms with Gasteiger partial charge in [0.1, 0.15) is 12.1 Å². The molecular formula is C12H13FO3. The Morgan fingerprint density at radius 2 is 2.12 bits per heavy atom. The van der Waals surface area contributed by atoms with E-state index in [0.717, 1.165) is 6.07 Å². The molecule has 0 spiro atoms. The minimum atomic E-state index is -0.953. The van der Waals surface area contributed by atoms with Gasteiger partial charge in [0, 0.05) is 11.0 Å². The van der Waals surface area contributed by atoms with Crippen LogP contribution in [0.4, 0.5) is 4.39 Å². The predicted octanol–water partition coefficient (Wildman–Crippen LogP) is 2.39. The molecule has 0 fully saturated rings. The molecule has 1 rings (SSSR count). The highest BCUT2D eigenvalue weighted by Gasteiger charge is 2.26. The normalized spacial score (nSPS) is 11.2. The third kappa shape index (κ3) is 2.66. The van der Waals surface area contributed by atoms with Crippen molar-refractivity contribution in [3.8, 4) is 0 Å². The Bertz CT molecular complexity index is 424. The number of hydrogen-bond acceptors (Lipinski definition) is 2. The van der Waals surface area contributed by atoms with Crippen LogP contribution in [0.2, 0.25) is 0 Å². The van der Waals surface area contributed by atoms with Crippen LogP contribution in [-0.4, -0.2) is 17.4 Å². The first-order valence-corrected chi connectivity index (χ1v) is 4.84. The molecular weight excluding hydrogens is 211 g/mol. The third-order valence-electron chi connectivity index (χ3n) is 2.46. The van der Waals surface area contributed by atoms with Crippen molar-refractivity contribution in [2.24, 2.45) is 0 Å². The van der Waals surface area contributed by atoms with Gasteiger partial charge in [-0.05, 0) is 17.7 Å². The van der Waals surface area contributed by atoms with Crippen LogP contribution in [0.5, 0.6) is 0 Å². The van der Waals surface area contributed by atoms with Gasteiger partial charge in [-0.2, -0.15) is 0 Å². The van der Waals surface area contributed by atoms with Gasteiger partial charge in [0.05, 0.1) is 6.42 Å². The van der Waals surface area contributed by atoms with Crippen molar-refractivity contribution in [3.63, 3.8) is 0 Å². The molecule has 0 heterocycles. The van der Waals surface area contributed by atoms with Crippen molar-refractivity contribution in [3.05, 3.63) is 35.1 Å². The summed E-state index contributed by atoms with van der Waals surface area (Å²) in [5.74, 6) is -1.46. The Morgan fingerprint density at radius 1 is 1.50 bits per heavy atom. The quantitative estimate of drug-likeness (QED) is 0.799. The van der Waals surface area contributed by atoms with E-state index in [9.17, 15) is 14.0 Å². The molecule has 0 bridgehead atoms. The fourth-order valence-corrected chi connectivity index (χ4v) is 1.72. The second-order valence-electron chi connectivity index (χ2n) is 4.30. The fourth-order valence-electron chi connectivity index (χ4n) is 1.72. The Hall–Kier alpha value is -1.71. The van der Waals surface area contributed by atoms with E-state index in [2.05, 4.69) is 0 Å². The molecule has 0 saturated heterocycles. The largest absolute Gasteiger partial charge is 0.481 e. The van der Waals surface area contributed by atoms with E-state index < -0.39 is 17.2 Å². The van der Waals surface area contributed by atoms with E-state index in [1.165, 1.54) is 12.1 Å². The van der Waals surface area contributed by atoms with Crippen molar-refractivity contribution in [1.82, 2.24) is 0 Å². The Labute approximate surface area is 92.9 Å². The highest BCUT2D eigenvalue weighted by atomic mass is 19.1. The molecule has 3 nitrogen and oxygen atoms in total. The molecule has 0 saturated carbocycles. The van der Waals surface area contributed by atoms with Crippen LogP contribution in [0, 0.1) is 5.82 Å². The number of carboxylic acid groups (broad SMARTS) is 1. The Balaban J connectivity index is 3.20. The zero-order chi connectivity index (χ0) is 12.3. The highest BCUT2D eigenvalue weighted by Crippen LogP contribution is 2.29. The molecule has 0 radical (unpaired) electrons. The molecule has 16 heavy (non-hydrogen) atoms. The summed E-state index contributed by atoms with van der Waals surface area (Å²) in [6, 6.07) is 3.81. The Kier molecular flexibility index (Phi) is 3.42. The van der Waals surface area contributed by atoms with Gasteiger partial charge in [-0.3, -0.25) is 9.59 Å². The number of halogens is 1. The summed E-state index contributed by atoms with van der Waals surface area (Å²) in [4.78, 5) is 21.5. The molecule has 0 aromatic heterocycles. The number of carbonyl (C=O) groups is 2. The number of hydrogen-bond donors (Lipinski definition) is 1. The maximum Gasteiger partial charge on any atom is 0.304 e. The monoisotopic (exact) mass is 224 g/mol. The predicted molar refractivity (Wildman–Crippen MR) is 57.1 cm³/mol. The zero-order valence-electron chi connectivity index (χ0n) is 9.16. The summed E-state index contributed by atoms with van der Waals surface area (Å²) >= 11 is 0. The van der Waals surface area contributed by atoms with Crippen LogP contribution in [0.15, 0.2) is 18.2 Å². The molecule has 0 unspecified atom stereocenters. The summed E-state index contributed by atoms with van der Waals surface area (Å²) in [5, 5.41) is 8.77. The van der Waals surface area contributed by atoms with Crippen molar-refractivity contribution in [2.75, 3.05) is 0 Å². The zero-order valence-corrected chi connectivity index (χ0v) is 9.16. The minimum Gasteiger partial charge on any atom is -0.481 e. The summed E-state index contributed by atoms with van der Waals surface area (Å²) in [5.41, 5.74) is 0.0491. The van der Waals surface area contributed by atoms with E-state index in [4.69, 9.17) is 5.11 Å². The third-order valence-corrected chi connectivity index (χ3v) is 2.46. The topological polar surface area (TPSA) is 54.4 Å². The number of aldehydes is 1. The van der Waals surface area contributed by atoms with E-state index >= 15 is 0 Å². The summed E-state index contributed by atoms with van der Waals surface area (Å²) in [6.45, 7) is 3.42. The molecule has 4 heteroatoms. The van der Waals surface area contributed by atoms with Crippen LogP contribution >= 0.6 is 0 Å². The van der Waals surface area contributed by atoms with Crippen LogP contribution in [-0.2, 0) is 10.2 Å². The van der Waals surface area contributed by atoms with Gasteiger partial charge >= 0.3 is 5.97 Å². The van der Waals surface area contributed by atoms with Crippen LogP contribution in [0.25, 0.3) is 0 Å². The van der Waals surface area contributed by atoms with Crippen molar-refractivity contribution >= 4 is 12.3 Å². The molecule has 0 amide bonds. The van der Waals surface area contributed by atoms with E-state index in [1.54, 1.807) is 13.8 Å². The van der Waals surface area contributed by atoms with E-state index in [-0.39, 0.29) is 12.0 Å². The van der Waals surface area contributed by atoms with Crippen molar-refractivity contribution < 1.29 is 19.1 Å². The number of benzene rings is 1. The minimum absolute atomic E-state index is 0.112. The average molecular weight is 224 g/mol.